The monoisotopic (exact) mass is 331 g/mol. The van der Waals surface area contributed by atoms with Crippen molar-refractivity contribution < 1.29 is 14.3 Å². The number of carbonyl (C=O) groups is 1. The quantitative estimate of drug-likeness (QED) is 0.680. The lowest BCUT2D eigenvalue weighted by atomic mass is 10.2. The minimum Gasteiger partial charge on any atom is -0.479 e. The molecule has 24 heavy (non-hydrogen) atoms. The Morgan fingerprint density at radius 3 is 2.54 bits per heavy atom. The van der Waals surface area contributed by atoms with Crippen molar-refractivity contribution in [2.24, 2.45) is 0 Å². The summed E-state index contributed by atoms with van der Waals surface area (Å²) in [5, 5.41) is 0. The van der Waals surface area contributed by atoms with Gasteiger partial charge >= 0.3 is 6.09 Å². The van der Waals surface area contributed by atoms with E-state index in [2.05, 4.69) is 10.8 Å². The number of hydrogen-bond acceptors (Lipinski definition) is 5. The number of nitrogen functional groups attached to an aromatic ring is 1. The molecule has 130 valence electrons. The van der Waals surface area contributed by atoms with Crippen molar-refractivity contribution in [1.29, 1.82) is 0 Å². The van der Waals surface area contributed by atoms with Crippen LogP contribution in [0.25, 0.3) is 0 Å². The number of terminal acetylenes is 1. The van der Waals surface area contributed by atoms with E-state index in [1.54, 1.807) is 11.0 Å². The molecule has 0 unspecified atom stereocenters. The molecule has 1 heterocycles. The summed E-state index contributed by atoms with van der Waals surface area (Å²) in [5.74, 6) is 3.12. The Morgan fingerprint density at radius 1 is 1.29 bits per heavy atom. The van der Waals surface area contributed by atoms with Crippen LogP contribution in [0.3, 0.4) is 0 Å². The Balaban J connectivity index is 2.02. The number of ether oxygens (including phenoxy) is 2. The van der Waals surface area contributed by atoms with Crippen LogP contribution in [0.5, 0.6) is 5.75 Å². The molecular formula is C18H25N3O3. The summed E-state index contributed by atoms with van der Waals surface area (Å²) in [6, 6.07) is 5.52. The van der Waals surface area contributed by atoms with Crippen molar-refractivity contribution in [3.63, 3.8) is 0 Å². The number of benzene rings is 1. The van der Waals surface area contributed by atoms with Crippen LogP contribution < -0.4 is 15.4 Å². The minimum atomic E-state index is -0.485. The van der Waals surface area contributed by atoms with Crippen LogP contribution in [-0.2, 0) is 4.74 Å². The van der Waals surface area contributed by atoms with E-state index in [0.29, 0.717) is 37.6 Å². The van der Waals surface area contributed by atoms with Crippen molar-refractivity contribution in [2.75, 3.05) is 43.4 Å². The van der Waals surface area contributed by atoms with Crippen LogP contribution in [0.1, 0.15) is 20.8 Å². The number of carbonyl (C=O) groups excluding carboxylic acids is 1. The van der Waals surface area contributed by atoms with Gasteiger partial charge in [-0.25, -0.2) is 4.79 Å². The lowest BCUT2D eigenvalue weighted by molar-refractivity contribution is 0.0240. The summed E-state index contributed by atoms with van der Waals surface area (Å²) < 4.78 is 11.0. The summed E-state index contributed by atoms with van der Waals surface area (Å²) in [6.45, 7) is 8.35. The molecule has 1 amide bonds. The molecule has 0 spiro atoms. The zero-order chi connectivity index (χ0) is 17.7. The fourth-order valence-electron chi connectivity index (χ4n) is 2.48. The maximum atomic E-state index is 12.1. The van der Waals surface area contributed by atoms with Crippen LogP contribution in [0.4, 0.5) is 16.2 Å². The van der Waals surface area contributed by atoms with Gasteiger partial charge in [-0.3, -0.25) is 0 Å². The molecule has 1 aromatic carbocycles. The minimum absolute atomic E-state index is 0.189. The first-order chi connectivity index (χ1) is 11.3. The highest BCUT2D eigenvalue weighted by atomic mass is 16.6. The standard InChI is InChI=1S/C18H25N3O3/c1-5-12-23-16-13-14(19)6-7-15(16)20-8-10-21(11-9-20)17(22)24-18(2,3)4/h1,6-7,13H,8-12,19H2,2-4H3. The maximum absolute atomic E-state index is 12.1. The number of piperazine rings is 1. The van der Waals surface area contributed by atoms with Crippen LogP contribution >= 0.6 is 0 Å². The van der Waals surface area contributed by atoms with E-state index in [1.807, 2.05) is 32.9 Å². The number of rotatable bonds is 3. The van der Waals surface area contributed by atoms with E-state index in [4.69, 9.17) is 21.6 Å². The lowest BCUT2D eigenvalue weighted by Gasteiger charge is -2.37. The smallest absolute Gasteiger partial charge is 0.410 e. The number of hydrogen-bond donors (Lipinski definition) is 1. The topological polar surface area (TPSA) is 68.0 Å². The molecule has 1 aliphatic rings. The van der Waals surface area contributed by atoms with Gasteiger partial charge in [-0.05, 0) is 32.9 Å². The van der Waals surface area contributed by atoms with Gasteiger partial charge in [0.15, 0.2) is 0 Å². The first kappa shape index (κ1) is 17.8. The summed E-state index contributed by atoms with van der Waals surface area (Å²) in [7, 11) is 0. The summed E-state index contributed by atoms with van der Waals surface area (Å²) in [6.07, 6.45) is 4.99. The van der Waals surface area contributed by atoms with E-state index in [9.17, 15) is 4.79 Å². The predicted octanol–water partition coefficient (Wildman–Crippen LogP) is 2.34. The second-order valence-electron chi connectivity index (χ2n) is 6.67. The maximum Gasteiger partial charge on any atom is 0.410 e. The molecular weight excluding hydrogens is 306 g/mol. The molecule has 1 saturated heterocycles. The zero-order valence-electron chi connectivity index (χ0n) is 14.5. The van der Waals surface area contributed by atoms with Gasteiger partial charge in [-0.15, -0.1) is 6.42 Å². The highest BCUT2D eigenvalue weighted by Crippen LogP contribution is 2.31. The molecule has 0 bridgehead atoms. The molecule has 0 aromatic heterocycles. The molecule has 2 N–H and O–H groups in total. The number of nitrogens with two attached hydrogens (primary N) is 1. The SMILES string of the molecule is C#CCOc1cc(N)ccc1N1CCN(C(=O)OC(C)(C)C)CC1. The van der Waals surface area contributed by atoms with E-state index in [0.717, 1.165) is 5.69 Å². The first-order valence-electron chi connectivity index (χ1n) is 7.99. The Hall–Kier alpha value is -2.55. The second-order valence-corrected chi connectivity index (χ2v) is 6.67. The van der Waals surface area contributed by atoms with Gasteiger partial charge in [0.25, 0.3) is 0 Å². The van der Waals surface area contributed by atoms with E-state index >= 15 is 0 Å². The normalized spacial score (nSPS) is 14.9. The number of amides is 1. The third-order valence-electron chi connectivity index (χ3n) is 3.57. The average Bonchev–Trinajstić information content (AvgIpc) is 2.51. The molecule has 0 radical (unpaired) electrons. The summed E-state index contributed by atoms with van der Waals surface area (Å²) >= 11 is 0. The van der Waals surface area contributed by atoms with Crippen LogP contribution in [0.2, 0.25) is 0 Å². The molecule has 0 saturated carbocycles. The van der Waals surface area contributed by atoms with Gasteiger partial charge in [0.1, 0.15) is 18.0 Å². The van der Waals surface area contributed by atoms with Gasteiger partial charge < -0.3 is 25.0 Å². The largest absolute Gasteiger partial charge is 0.479 e. The van der Waals surface area contributed by atoms with Gasteiger partial charge in [-0.1, -0.05) is 5.92 Å². The van der Waals surface area contributed by atoms with Crippen molar-refractivity contribution in [3.8, 4) is 18.1 Å². The Labute approximate surface area is 143 Å². The van der Waals surface area contributed by atoms with Crippen LogP contribution in [-0.4, -0.2) is 49.4 Å². The van der Waals surface area contributed by atoms with E-state index < -0.39 is 5.60 Å². The van der Waals surface area contributed by atoms with Gasteiger partial charge in [0.05, 0.1) is 5.69 Å². The van der Waals surface area contributed by atoms with Gasteiger partial charge in [-0.2, -0.15) is 0 Å². The zero-order valence-corrected chi connectivity index (χ0v) is 14.5. The molecule has 1 fully saturated rings. The van der Waals surface area contributed by atoms with E-state index in [-0.39, 0.29) is 12.7 Å². The Morgan fingerprint density at radius 2 is 1.96 bits per heavy atom. The summed E-state index contributed by atoms with van der Waals surface area (Å²) in [4.78, 5) is 16.0. The van der Waals surface area contributed by atoms with Crippen molar-refractivity contribution >= 4 is 17.5 Å². The predicted molar refractivity (Wildman–Crippen MR) is 95.2 cm³/mol. The Kier molecular flexibility index (Phi) is 5.45. The van der Waals surface area contributed by atoms with Gasteiger partial charge in [0, 0.05) is 37.9 Å². The van der Waals surface area contributed by atoms with Crippen LogP contribution in [0.15, 0.2) is 18.2 Å². The van der Waals surface area contributed by atoms with Crippen LogP contribution in [0, 0.1) is 12.3 Å². The molecule has 1 aromatic rings. The number of nitrogens with zero attached hydrogens (tertiary/aromatic N) is 2. The lowest BCUT2D eigenvalue weighted by Crippen LogP contribution is -2.50. The Bertz CT molecular complexity index is 623. The third-order valence-corrected chi connectivity index (χ3v) is 3.57. The molecule has 6 heteroatoms. The molecule has 6 nitrogen and oxygen atoms in total. The molecule has 1 aliphatic heterocycles. The highest BCUT2D eigenvalue weighted by molar-refractivity contribution is 5.69. The van der Waals surface area contributed by atoms with Crippen molar-refractivity contribution in [3.05, 3.63) is 18.2 Å². The van der Waals surface area contributed by atoms with Crippen molar-refractivity contribution in [1.82, 2.24) is 4.90 Å². The first-order valence-corrected chi connectivity index (χ1v) is 7.99. The van der Waals surface area contributed by atoms with E-state index in [1.165, 1.54) is 0 Å². The highest BCUT2D eigenvalue weighted by Gasteiger charge is 2.26. The molecule has 2 rings (SSSR count). The fraction of sp³-hybridized carbons (Fsp3) is 0.500. The summed E-state index contributed by atoms with van der Waals surface area (Å²) in [5.41, 5.74) is 6.90. The fourth-order valence-corrected chi connectivity index (χ4v) is 2.48. The van der Waals surface area contributed by atoms with Gasteiger partial charge in [0.2, 0.25) is 0 Å². The second kappa shape index (κ2) is 7.35. The number of anilines is 2. The average molecular weight is 331 g/mol. The molecule has 0 atom stereocenters. The third kappa shape index (κ3) is 4.72. The molecule has 0 aliphatic carbocycles. The van der Waals surface area contributed by atoms with Crippen molar-refractivity contribution in [2.45, 2.75) is 26.4 Å².